The van der Waals surface area contributed by atoms with Crippen LogP contribution in [-0.4, -0.2) is 10.8 Å². The Morgan fingerprint density at radius 2 is 1.73 bits per heavy atom. The molecule has 0 aromatic carbocycles. The summed E-state index contributed by atoms with van der Waals surface area (Å²) in [7, 11) is 0. The van der Waals surface area contributed by atoms with Crippen LogP contribution in [0.25, 0.3) is 0 Å². The molecule has 0 heterocycles. The van der Waals surface area contributed by atoms with Crippen LogP contribution < -0.4 is 0 Å². The van der Waals surface area contributed by atoms with E-state index >= 15 is 0 Å². The molecule has 86 valence electrons. The first-order chi connectivity index (χ1) is 6.70. The third-order valence-corrected chi connectivity index (χ3v) is 2.49. The van der Waals surface area contributed by atoms with Crippen molar-refractivity contribution in [3.63, 3.8) is 0 Å². The Labute approximate surface area is 109 Å². The van der Waals surface area contributed by atoms with E-state index in [4.69, 9.17) is 46.4 Å². The van der Waals surface area contributed by atoms with Crippen LogP contribution in [0, 0.1) is 0 Å². The highest BCUT2D eigenvalue weighted by Gasteiger charge is 2.27. The summed E-state index contributed by atoms with van der Waals surface area (Å²) >= 11 is 22.1. The second-order valence-electron chi connectivity index (χ2n) is 3.10. The fourth-order valence-corrected chi connectivity index (χ4v) is 1.21. The fourth-order valence-electron chi connectivity index (χ4n) is 0.879. The number of hydrogen-bond acceptors (Lipinski definition) is 2. The van der Waals surface area contributed by atoms with Gasteiger partial charge in [0.1, 0.15) is 0 Å². The average molecular weight is 292 g/mol. The second-order valence-corrected chi connectivity index (χ2v) is 5.34. The number of hydrogen-bond donors (Lipinski definition) is 0. The van der Waals surface area contributed by atoms with Crippen molar-refractivity contribution in [3.05, 3.63) is 21.4 Å². The van der Waals surface area contributed by atoms with E-state index < -0.39 is 10.8 Å². The first-order valence-electron chi connectivity index (χ1n) is 3.98. The fraction of sp³-hybridized carbons (Fsp3) is 0.444. The van der Waals surface area contributed by atoms with Crippen molar-refractivity contribution in [3.8, 4) is 0 Å². The summed E-state index contributed by atoms with van der Waals surface area (Å²) in [5.41, 5.74) is 0.275. The third kappa shape index (κ3) is 5.12. The molecule has 0 saturated heterocycles. The first-order valence-corrected chi connectivity index (χ1v) is 5.50. The highest BCUT2D eigenvalue weighted by atomic mass is 35.5. The summed E-state index contributed by atoms with van der Waals surface area (Å²) in [5.74, 6) is -0.679. The number of rotatable bonds is 3. The molecular weight excluding hydrogens is 282 g/mol. The number of carbonyl (C=O) groups excluding carboxylic acids is 1. The molecule has 0 fully saturated rings. The molecule has 0 aliphatic heterocycles. The SMILES string of the molecule is CC=C(C(=O)OC(Cl)=C(Cl)Cl)C(C)(C)Cl. The van der Waals surface area contributed by atoms with Crippen molar-refractivity contribution in [2.75, 3.05) is 0 Å². The Kier molecular flexibility index (Phi) is 6.04. The van der Waals surface area contributed by atoms with Gasteiger partial charge in [-0.05, 0) is 32.4 Å². The van der Waals surface area contributed by atoms with Gasteiger partial charge in [-0.15, -0.1) is 11.6 Å². The summed E-state index contributed by atoms with van der Waals surface area (Å²) in [5, 5.41) is -0.372. The normalized spacial score (nSPS) is 12.3. The van der Waals surface area contributed by atoms with Crippen LogP contribution in [0.1, 0.15) is 20.8 Å². The largest absolute Gasteiger partial charge is 0.408 e. The highest BCUT2D eigenvalue weighted by Crippen LogP contribution is 2.27. The Morgan fingerprint density at radius 3 is 2.00 bits per heavy atom. The second kappa shape index (κ2) is 6.00. The molecule has 0 spiro atoms. The van der Waals surface area contributed by atoms with Gasteiger partial charge in [-0.25, -0.2) is 4.79 Å². The van der Waals surface area contributed by atoms with Gasteiger partial charge in [-0.2, -0.15) is 0 Å². The molecule has 0 saturated carbocycles. The molecule has 6 heteroatoms. The smallest absolute Gasteiger partial charge is 0.341 e. The summed E-state index contributed by atoms with van der Waals surface area (Å²) < 4.78 is 4.37. The molecule has 0 aromatic heterocycles. The van der Waals surface area contributed by atoms with Crippen molar-refractivity contribution in [1.29, 1.82) is 0 Å². The molecule has 0 aliphatic carbocycles. The van der Waals surface area contributed by atoms with Crippen molar-refractivity contribution >= 4 is 52.4 Å². The lowest BCUT2D eigenvalue weighted by atomic mass is 10.0. The number of halogens is 4. The van der Waals surface area contributed by atoms with Gasteiger partial charge in [0.2, 0.25) is 5.22 Å². The molecule has 0 aromatic rings. The zero-order valence-corrected chi connectivity index (χ0v) is 11.4. The molecule has 0 N–H and O–H groups in total. The zero-order chi connectivity index (χ0) is 12.2. The van der Waals surface area contributed by atoms with Crippen molar-refractivity contribution < 1.29 is 9.53 Å². The highest BCUT2D eigenvalue weighted by molar-refractivity contribution is 6.59. The summed E-state index contributed by atoms with van der Waals surface area (Å²) in [4.78, 5) is 10.7. The summed E-state index contributed by atoms with van der Waals surface area (Å²) in [6.45, 7) is 4.98. The van der Waals surface area contributed by atoms with Crippen molar-refractivity contribution in [2.24, 2.45) is 0 Å². The molecule has 15 heavy (non-hydrogen) atoms. The maximum atomic E-state index is 11.5. The Hall–Kier alpha value is 0.110. The lowest BCUT2D eigenvalue weighted by molar-refractivity contribution is -0.134. The number of allylic oxidation sites excluding steroid dienone is 1. The van der Waals surface area contributed by atoms with E-state index in [1.165, 1.54) is 0 Å². The lowest BCUT2D eigenvalue weighted by Gasteiger charge is -2.18. The number of ether oxygens (including phenoxy) is 1. The Bertz CT molecular complexity index is 309. The minimum Gasteiger partial charge on any atom is -0.408 e. The Balaban J connectivity index is 4.82. The summed E-state index contributed by atoms with van der Waals surface area (Å²) in [6.07, 6.45) is 1.54. The predicted octanol–water partition coefficient (Wildman–Crippen LogP) is 4.34. The monoisotopic (exact) mass is 290 g/mol. The topological polar surface area (TPSA) is 26.3 Å². The van der Waals surface area contributed by atoms with Crippen LogP contribution >= 0.6 is 46.4 Å². The molecule has 0 aliphatic rings. The molecule has 0 atom stereocenters. The maximum absolute atomic E-state index is 11.5. The Morgan fingerprint density at radius 1 is 1.27 bits per heavy atom. The van der Waals surface area contributed by atoms with Crippen LogP contribution in [0.3, 0.4) is 0 Å². The van der Waals surface area contributed by atoms with Gasteiger partial charge in [0.25, 0.3) is 0 Å². The lowest BCUT2D eigenvalue weighted by Crippen LogP contribution is -2.23. The van der Waals surface area contributed by atoms with Gasteiger partial charge >= 0.3 is 5.97 Å². The van der Waals surface area contributed by atoms with E-state index in [-0.39, 0.29) is 15.3 Å². The van der Waals surface area contributed by atoms with Crippen LogP contribution in [-0.2, 0) is 9.53 Å². The van der Waals surface area contributed by atoms with Crippen LogP contribution in [0.2, 0.25) is 0 Å². The molecular formula is C9H10Cl4O2. The summed E-state index contributed by atoms with van der Waals surface area (Å²) in [6, 6.07) is 0. The zero-order valence-electron chi connectivity index (χ0n) is 8.41. The van der Waals surface area contributed by atoms with Crippen LogP contribution in [0.15, 0.2) is 21.4 Å². The van der Waals surface area contributed by atoms with Crippen LogP contribution in [0.5, 0.6) is 0 Å². The van der Waals surface area contributed by atoms with Gasteiger partial charge in [-0.3, -0.25) is 0 Å². The maximum Gasteiger partial charge on any atom is 0.341 e. The minimum atomic E-state index is -0.845. The minimum absolute atomic E-state index is 0.275. The molecule has 2 nitrogen and oxygen atoms in total. The number of alkyl halides is 1. The third-order valence-electron chi connectivity index (χ3n) is 1.48. The van der Waals surface area contributed by atoms with E-state index in [1.807, 2.05) is 0 Å². The molecule has 0 radical (unpaired) electrons. The number of carbonyl (C=O) groups is 1. The predicted molar refractivity (Wildman–Crippen MR) is 64.4 cm³/mol. The first kappa shape index (κ1) is 15.1. The molecule has 0 bridgehead atoms. The van der Waals surface area contributed by atoms with E-state index in [0.717, 1.165) is 0 Å². The number of esters is 1. The van der Waals surface area contributed by atoms with E-state index in [9.17, 15) is 4.79 Å². The van der Waals surface area contributed by atoms with Gasteiger partial charge in [-0.1, -0.05) is 29.3 Å². The van der Waals surface area contributed by atoms with Crippen LogP contribution in [0.4, 0.5) is 0 Å². The van der Waals surface area contributed by atoms with E-state index in [0.29, 0.717) is 0 Å². The van der Waals surface area contributed by atoms with E-state index in [2.05, 4.69) is 4.74 Å². The quantitative estimate of drug-likeness (QED) is 0.335. The van der Waals surface area contributed by atoms with Gasteiger partial charge in [0.05, 0.1) is 10.4 Å². The van der Waals surface area contributed by atoms with Gasteiger partial charge < -0.3 is 4.74 Å². The van der Waals surface area contributed by atoms with Crippen molar-refractivity contribution in [2.45, 2.75) is 25.6 Å². The van der Waals surface area contributed by atoms with Gasteiger partial charge in [0, 0.05) is 0 Å². The standard InChI is InChI=1S/C9H10Cl4O2/c1-4-5(9(2,3)13)8(14)15-7(12)6(10)11/h4H,1-3H3. The van der Waals surface area contributed by atoms with Crippen molar-refractivity contribution in [1.82, 2.24) is 0 Å². The molecule has 0 rings (SSSR count). The molecule has 0 amide bonds. The molecule has 0 unspecified atom stereocenters. The van der Waals surface area contributed by atoms with E-state index in [1.54, 1.807) is 26.8 Å². The van der Waals surface area contributed by atoms with Gasteiger partial charge in [0.15, 0.2) is 4.49 Å². The average Bonchev–Trinajstić information content (AvgIpc) is 2.01.